The van der Waals surface area contributed by atoms with E-state index in [1.807, 2.05) is 19.1 Å². The SMILES string of the molecule is CC/C=C\C[C@H](O)/C=C/C=C/C=C\C=C/[C@@H](O)[C@H](O)CCCC(=O)O[C@H](COC(=O)CCCCCCCCC/C=C\CCCCCCCC)COP(=O)(O)O[C@H]1C(O)C(O)C(O)[C@@H](OP(=O)(O)O)C1O. The van der Waals surface area contributed by atoms with Crippen LogP contribution in [0.4, 0.5) is 0 Å². The number of phosphoric acid groups is 2. The molecule has 5 unspecified atom stereocenters. The summed E-state index contributed by atoms with van der Waals surface area (Å²) in [4.78, 5) is 54.4. The van der Waals surface area contributed by atoms with E-state index in [2.05, 4.69) is 23.6 Å². The number of rotatable bonds is 40. The Balaban J connectivity index is 2.72. The standard InChI is InChI=1S/C49H84O19P2/c1-3-5-7-8-9-10-11-12-13-14-15-16-17-18-19-24-28-34-42(53)64-36-39(37-65-70(62,63)68-49-46(57)44(55)45(56)48(47(49)58)67-69(59,60)61)66-43(54)35-29-33-41(52)40(51)32-27-23-21-20-22-26-31-38(50)30-25-6-4-2/h6,12-13,20-23,25-27,31-32,38-41,44-52,55-58H,3-5,7-11,14-19,24,28-30,33-37H2,1-2H3,(H,62,63)(H2,59,60,61)/b13-12-,22-20+,23-21-,25-6-,31-26+,32-27-/t38-,39+,40+,41+,44?,45?,46?,47?,48+,49-/m0/s1. The van der Waals surface area contributed by atoms with Crippen molar-refractivity contribution in [3.05, 3.63) is 72.9 Å². The zero-order valence-electron chi connectivity index (χ0n) is 41.0. The third-order valence-electron chi connectivity index (χ3n) is 11.1. The van der Waals surface area contributed by atoms with Crippen LogP contribution in [0.25, 0.3) is 0 Å². The molecule has 0 amide bonds. The number of hydrogen-bond acceptors (Lipinski definition) is 16. The normalized spacial score (nSPS) is 23.0. The van der Waals surface area contributed by atoms with Gasteiger partial charge in [-0.15, -0.1) is 0 Å². The fourth-order valence-corrected chi connectivity index (χ4v) is 8.67. The number of carbonyl (C=O) groups is 2. The third-order valence-corrected chi connectivity index (χ3v) is 12.6. The van der Waals surface area contributed by atoms with E-state index in [0.717, 1.165) is 57.8 Å². The number of phosphoric ester groups is 2. The smallest absolute Gasteiger partial charge is 0.462 e. The topological polar surface area (TPSA) is 317 Å². The van der Waals surface area contributed by atoms with E-state index in [4.69, 9.17) is 18.5 Å². The first-order chi connectivity index (χ1) is 33.3. The van der Waals surface area contributed by atoms with Crippen molar-refractivity contribution in [2.24, 2.45) is 0 Å². The maximum Gasteiger partial charge on any atom is 0.472 e. The molecule has 0 aromatic heterocycles. The first kappa shape index (κ1) is 65.3. The molecule has 0 aromatic rings. The lowest BCUT2D eigenvalue weighted by atomic mass is 9.85. The number of allylic oxidation sites excluding steroid dienone is 9. The summed E-state index contributed by atoms with van der Waals surface area (Å²) in [7, 11) is -10.8. The first-order valence-electron chi connectivity index (χ1n) is 24.8. The molecule has 10 N–H and O–H groups in total. The third kappa shape index (κ3) is 32.4. The molecule has 11 atom stereocenters. The molecule has 0 heterocycles. The van der Waals surface area contributed by atoms with Gasteiger partial charge >= 0.3 is 27.6 Å². The van der Waals surface area contributed by atoms with Crippen LogP contribution in [0.5, 0.6) is 0 Å². The van der Waals surface area contributed by atoms with E-state index in [1.54, 1.807) is 36.5 Å². The second-order valence-corrected chi connectivity index (χ2v) is 20.0. The number of carbonyl (C=O) groups excluding carboxylic acids is 2. The fraction of sp³-hybridized carbons (Fsp3) is 0.714. The molecule has 1 aliphatic rings. The summed E-state index contributed by atoms with van der Waals surface area (Å²) in [5.41, 5.74) is 0. The van der Waals surface area contributed by atoms with E-state index < -0.39 is 102 Å². The van der Waals surface area contributed by atoms with Gasteiger partial charge in [-0.05, 0) is 57.8 Å². The van der Waals surface area contributed by atoms with Crippen LogP contribution in [0.2, 0.25) is 0 Å². The van der Waals surface area contributed by atoms with Crippen molar-refractivity contribution in [3.8, 4) is 0 Å². The largest absolute Gasteiger partial charge is 0.472 e. The van der Waals surface area contributed by atoms with Gasteiger partial charge in [-0.3, -0.25) is 23.2 Å². The van der Waals surface area contributed by atoms with Crippen LogP contribution in [0.1, 0.15) is 149 Å². The maximum atomic E-state index is 13.0. The van der Waals surface area contributed by atoms with Crippen LogP contribution >= 0.6 is 15.6 Å². The lowest BCUT2D eigenvalue weighted by Crippen LogP contribution is -2.64. The molecular weight excluding hydrogens is 954 g/mol. The number of unbranched alkanes of at least 4 members (excludes halogenated alkanes) is 13. The van der Waals surface area contributed by atoms with Crippen LogP contribution in [0, 0.1) is 0 Å². The molecule has 70 heavy (non-hydrogen) atoms. The average Bonchev–Trinajstić information content (AvgIpc) is 3.31. The minimum atomic E-state index is -5.41. The Labute approximate surface area is 414 Å². The Morgan fingerprint density at radius 1 is 0.571 bits per heavy atom. The molecule has 1 rings (SSSR count). The summed E-state index contributed by atoms with van der Waals surface area (Å²) in [6, 6.07) is 0. The zero-order chi connectivity index (χ0) is 52.2. The highest BCUT2D eigenvalue weighted by Crippen LogP contribution is 2.49. The van der Waals surface area contributed by atoms with Gasteiger partial charge in [-0.25, -0.2) is 9.13 Å². The highest BCUT2D eigenvalue weighted by molar-refractivity contribution is 7.47. The van der Waals surface area contributed by atoms with Gasteiger partial charge < -0.3 is 59.9 Å². The van der Waals surface area contributed by atoms with E-state index in [1.165, 1.54) is 50.7 Å². The van der Waals surface area contributed by atoms with Crippen molar-refractivity contribution in [1.29, 1.82) is 0 Å². The van der Waals surface area contributed by atoms with Gasteiger partial charge in [-0.1, -0.05) is 151 Å². The molecular formula is C49H84O19P2. The lowest BCUT2D eigenvalue weighted by molar-refractivity contribution is -0.216. The van der Waals surface area contributed by atoms with Gasteiger partial charge in [0.15, 0.2) is 6.10 Å². The summed E-state index contributed by atoms with van der Waals surface area (Å²) >= 11 is 0. The number of aliphatic hydroxyl groups excluding tert-OH is 7. The van der Waals surface area contributed by atoms with Crippen LogP contribution < -0.4 is 0 Å². The van der Waals surface area contributed by atoms with E-state index in [9.17, 15) is 69.1 Å². The van der Waals surface area contributed by atoms with Crippen molar-refractivity contribution in [2.45, 2.75) is 210 Å². The van der Waals surface area contributed by atoms with Crippen molar-refractivity contribution >= 4 is 27.6 Å². The van der Waals surface area contributed by atoms with Crippen LogP contribution in [0.3, 0.4) is 0 Å². The fourth-order valence-electron chi connectivity index (χ4n) is 7.13. The van der Waals surface area contributed by atoms with Gasteiger partial charge in [0.05, 0.1) is 24.9 Å². The van der Waals surface area contributed by atoms with E-state index in [0.29, 0.717) is 12.8 Å². The molecule has 0 aromatic carbocycles. The molecule has 1 fully saturated rings. The van der Waals surface area contributed by atoms with Crippen molar-refractivity contribution in [3.63, 3.8) is 0 Å². The number of hydrogen-bond donors (Lipinski definition) is 10. The number of aliphatic hydroxyl groups is 7. The molecule has 21 heteroatoms. The van der Waals surface area contributed by atoms with Crippen molar-refractivity contribution in [1.82, 2.24) is 0 Å². The Bertz CT molecular complexity index is 1680. The van der Waals surface area contributed by atoms with Crippen LogP contribution in [0.15, 0.2) is 72.9 Å². The number of ether oxygens (including phenoxy) is 2. The lowest BCUT2D eigenvalue weighted by Gasteiger charge is -2.43. The van der Waals surface area contributed by atoms with Crippen LogP contribution in [-0.4, -0.2) is 137 Å². The van der Waals surface area contributed by atoms with Gasteiger partial charge in [0.25, 0.3) is 0 Å². The monoisotopic (exact) mass is 1040 g/mol. The summed E-state index contributed by atoms with van der Waals surface area (Å²) < 4.78 is 49.2. The quantitative estimate of drug-likeness (QED) is 0.0102. The van der Waals surface area contributed by atoms with Gasteiger partial charge in [0, 0.05) is 12.8 Å². The molecule has 404 valence electrons. The molecule has 0 saturated heterocycles. The van der Waals surface area contributed by atoms with Gasteiger partial charge in [-0.2, -0.15) is 0 Å². The highest BCUT2D eigenvalue weighted by atomic mass is 31.2. The summed E-state index contributed by atoms with van der Waals surface area (Å²) in [5.74, 6) is -1.55. The van der Waals surface area contributed by atoms with Gasteiger partial charge in [0.2, 0.25) is 0 Å². The van der Waals surface area contributed by atoms with E-state index in [-0.39, 0.29) is 25.7 Å². The van der Waals surface area contributed by atoms with Gasteiger partial charge in [0.1, 0.15) is 43.2 Å². The molecule has 0 radical (unpaired) electrons. The molecule has 19 nitrogen and oxygen atoms in total. The zero-order valence-corrected chi connectivity index (χ0v) is 42.8. The Morgan fingerprint density at radius 2 is 1.10 bits per heavy atom. The van der Waals surface area contributed by atoms with Crippen LogP contribution in [-0.2, 0) is 41.8 Å². The first-order valence-corrected chi connectivity index (χ1v) is 27.8. The molecule has 1 aliphatic carbocycles. The van der Waals surface area contributed by atoms with E-state index >= 15 is 0 Å². The maximum absolute atomic E-state index is 13.0. The summed E-state index contributed by atoms with van der Waals surface area (Å²) in [6.07, 6.45) is 20.5. The van der Waals surface area contributed by atoms with Crippen molar-refractivity contribution in [2.75, 3.05) is 13.2 Å². The highest BCUT2D eigenvalue weighted by Gasteiger charge is 2.54. The Hall–Kier alpha value is -2.68. The molecule has 0 spiro atoms. The summed E-state index contributed by atoms with van der Waals surface area (Å²) in [5, 5.41) is 71.9. The van der Waals surface area contributed by atoms with Crippen molar-refractivity contribution < 1.29 is 92.2 Å². The minimum Gasteiger partial charge on any atom is -0.462 e. The second kappa shape index (κ2) is 38.9. The second-order valence-electron chi connectivity index (χ2n) is 17.4. The Morgan fingerprint density at radius 3 is 1.69 bits per heavy atom. The minimum absolute atomic E-state index is 0.0186. The predicted octanol–water partition coefficient (Wildman–Crippen LogP) is 6.53. The molecule has 1 saturated carbocycles. The summed E-state index contributed by atoms with van der Waals surface area (Å²) in [6.45, 7) is 2.63. The Kier molecular flexibility index (Phi) is 36.3. The number of esters is 2. The molecule has 0 bridgehead atoms. The predicted molar refractivity (Wildman–Crippen MR) is 264 cm³/mol. The average molecular weight is 1040 g/mol. The molecule has 0 aliphatic heterocycles.